The van der Waals surface area contributed by atoms with Crippen LogP contribution in [0.5, 0.6) is 5.75 Å². The molecule has 0 spiro atoms. The summed E-state index contributed by atoms with van der Waals surface area (Å²) in [5.74, 6) is 0.946. The second-order valence-corrected chi connectivity index (χ2v) is 5.24. The molecule has 0 N–H and O–H groups in total. The first-order chi connectivity index (χ1) is 10.4. The van der Waals surface area contributed by atoms with E-state index in [1.807, 2.05) is 13.0 Å². The van der Waals surface area contributed by atoms with Gasteiger partial charge in [0.05, 0.1) is 12.2 Å². The van der Waals surface area contributed by atoms with E-state index in [4.69, 9.17) is 9.26 Å². The number of rotatable bonds is 4. The largest absolute Gasteiger partial charge is 0.488 e. The van der Waals surface area contributed by atoms with E-state index in [9.17, 15) is 13.2 Å². The van der Waals surface area contributed by atoms with Gasteiger partial charge in [0.2, 0.25) is 0 Å². The first-order valence-electron chi connectivity index (χ1n) is 6.74. The summed E-state index contributed by atoms with van der Waals surface area (Å²) >= 11 is 0. The van der Waals surface area contributed by atoms with Gasteiger partial charge in [0.15, 0.2) is 5.76 Å². The SMILES string of the molecule is Cc1cc(CN2CC(Oc3ccnc(C(F)(F)F)c3)C2)on1. The van der Waals surface area contributed by atoms with Crippen LogP contribution < -0.4 is 4.74 Å². The minimum absolute atomic E-state index is 0.132. The average molecular weight is 313 g/mol. The van der Waals surface area contributed by atoms with Crippen molar-refractivity contribution in [3.63, 3.8) is 0 Å². The summed E-state index contributed by atoms with van der Waals surface area (Å²) in [5.41, 5.74) is -0.127. The van der Waals surface area contributed by atoms with E-state index in [1.54, 1.807) is 0 Å². The molecule has 3 rings (SSSR count). The number of hydrogen-bond acceptors (Lipinski definition) is 5. The molecule has 3 heterocycles. The number of ether oxygens (including phenoxy) is 1. The van der Waals surface area contributed by atoms with Crippen molar-refractivity contribution >= 4 is 0 Å². The molecule has 0 radical (unpaired) electrons. The number of likely N-dealkylation sites (tertiary alicyclic amines) is 1. The highest BCUT2D eigenvalue weighted by Crippen LogP contribution is 2.30. The van der Waals surface area contributed by atoms with Crippen LogP contribution in [0.4, 0.5) is 13.2 Å². The van der Waals surface area contributed by atoms with Crippen molar-refractivity contribution in [2.45, 2.75) is 25.7 Å². The van der Waals surface area contributed by atoms with Gasteiger partial charge >= 0.3 is 6.18 Å². The van der Waals surface area contributed by atoms with Crippen LogP contribution in [0.3, 0.4) is 0 Å². The Labute approximate surface area is 124 Å². The van der Waals surface area contributed by atoms with Gasteiger partial charge in [-0.2, -0.15) is 13.2 Å². The third-order valence-corrected chi connectivity index (χ3v) is 3.30. The van der Waals surface area contributed by atoms with E-state index in [2.05, 4.69) is 15.0 Å². The fraction of sp³-hybridized carbons (Fsp3) is 0.429. The third-order valence-electron chi connectivity index (χ3n) is 3.30. The first kappa shape index (κ1) is 14.8. The van der Waals surface area contributed by atoms with Crippen molar-refractivity contribution in [1.29, 1.82) is 0 Å². The summed E-state index contributed by atoms with van der Waals surface area (Å²) in [6.07, 6.45) is -3.49. The Morgan fingerprint density at radius 2 is 2.14 bits per heavy atom. The molecule has 8 heteroatoms. The second kappa shape index (κ2) is 5.60. The predicted molar refractivity (Wildman–Crippen MR) is 70.2 cm³/mol. The summed E-state index contributed by atoms with van der Waals surface area (Å²) in [6, 6.07) is 4.20. The Hall–Kier alpha value is -2.09. The molecule has 0 amide bonds. The van der Waals surface area contributed by atoms with Crippen LogP contribution >= 0.6 is 0 Å². The molecule has 0 saturated carbocycles. The van der Waals surface area contributed by atoms with Crippen molar-refractivity contribution < 1.29 is 22.4 Å². The molecule has 118 valence electrons. The van der Waals surface area contributed by atoms with Crippen molar-refractivity contribution in [3.05, 3.63) is 41.5 Å². The number of hydrogen-bond donors (Lipinski definition) is 0. The third kappa shape index (κ3) is 3.38. The van der Waals surface area contributed by atoms with E-state index < -0.39 is 11.9 Å². The molecule has 1 fully saturated rings. The van der Waals surface area contributed by atoms with Crippen LogP contribution in [-0.2, 0) is 12.7 Å². The van der Waals surface area contributed by atoms with Crippen molar-refractivity contribution in [3.8, 4) is 5.75 Å². The molecule has 22 heavy (non-hydrogen) atoms. The maximum atomic E-state index is 12.6. The monoisotopic (exact) mass is 313 g/mol. The minimum atomic E-state index is -4.46. The molecule has 1 saturated heterocycles. The minimum Gasteiger partial charge on any atom is -0.488 e. The van der Waals surface area contributed by atoms with Gasteiger partial charge in [0.25, 0.3) is 0 Å². The highest BCUT2D eigenvalue weighted by atomic mass is 19.4. The number of aryl methyl sites for hydroxylation is 1. The maximum Gasteiger partial charge on any atom is 0.433 e. The van der Waals surface area contributed by atoms with E-state index in [0.29, 0.717) is 19.6 Å². The molecule has 2 aromatic heterocycles. The van der Waals surface area contributed by atoms with Gasteiger partial charge in [-0.3, -0.25) is 9.88 Å². The van der Waals surface area contributed by atoms with Crippen LogP contribution in [0, 0.1) is 6.92 Å². The van der Waals surface area contributed by atoms with Crippen LogP contribution in [0.25, 0.3) is 0 Å². The van der Waals surface area contributed by atoms with Crippen molar-refractivity contribution in [2.75, 3.05) is 13.1 Å². The second-order valence-electron chi connectivity index (χ2n) is 5.24. The molecule has 0 aliphatic carbocycles. The molecule has 5 nitrogen and oxygen atoms in total. The fourth-order valence-electron chi connectivity index (χ4n) is 2.27. The normalized spacial score (nSPS) is 16.5. The zero-order valence-electron chi connectivity index (χ0n) is 11.8. The smallest absolute Gasteiger partial charge is 0.433 e. The zero-order valence-corrected chi connectivity index (χ0v) is 11.8. The van der Waals surface area contributed by atoms with Gasteiger partial charge in [0, 0.05) is 31.4 Å². The summed E-state index contributed by atoms with van der Waals surface area (Å²) in [6.45, 7) is 3.72. The van der Waals surface area contributed by atoms with Crippen molar-refractivity contribution in [2.24, 2.45) is 0 Å². The summed E-state index contributed by atoms with van der Waals surface area (Å²) in [4.78, 5) is 5.37. The molecule has 1 aliphatic rings. The molecule has 2 aromatic rings. The van der Waals surface area contributed by atoms with Crippen LogP contribution in [0.2, 0.25) is 0 Å². The Morgan fingerprint density at radius 3 is 2.77 bits per heavy atom. The Balaban J connectivity index is 1.52. The first-order valence-corrected chi connectivity index (χ1v) is 6.74. The van der Waals surface area contributed by atoms with Gasteiger partial charge < -0.3 is 9.26 Å². The van der Waals surface area contributed by atoms with Gasteiger partial charge in [-0.25, -0.2) is 0 Å². The zero-order chi connectivity index (χ0) is 15.7. The highest BCUT2D eigenvalue weighted by molar-refractivity contribution is 5.24. The van der Waals surface area contributed by atoms with Gasteiger partial charge in [-0.15, -0.1) is 0 Å². The maximum absolute atomic E-state index is 12.6. The number of nitrogens with zero attached hydrogens (tertiary/aromatic N) is 3. The molecule has 0 unspecified atom stereocenters. The number of halogens is 3. The van der Waals surface area contributed by atoms with Gasteiger partial charge in [-0.1, -0.05) is 5.16 Å². The van der Waals surface area contributed by atoms with Gasteiger partial charge in [-0.05, 0) is 13.0 Å². The van der Waals surface area contributed by atoms with E-state index >= 15 is 0 Å². The van der Waals surface area contributed by atoms with Gasteiger partial charge in [0.1, 0.15) is 17.5 Å². The molecular weight excluding hydrogens is 299 g/mol. The number of pyridine rings is 1. The fourth-order valence-corrected chi connectivity index (χ4v) is 2.27. The molecule has 0 atom stereocenters. The van der Waals surface area contributed by atoms with Crippen molar-refractivity contribution in [1.82, 2.24) is 15.0 Å². The van der Waals surface area contributed by atoms with Crippen LogP contribution in [0.15, 0.2) is 28.9 Å². The lowest BCUT2D eigenvalue weighted by Crippen LogP contribution is -2.53. The Kier molecular flexibility index (Phi) is 3.78. The van der Waals surface area contributed by atoms with E-state index in [0.717, 1.165) is 23.7 Å². The molecule has 0 aromatic carbocycles. The summed E-state index contributed by atoms with van der Waals surface area (Å²) in [5, 5.41) is 3.80. The highest BCUT2D eigenvalue weighted by Gasteiger charge is 2.34. The standard InChI is InChI=1S/C14H14F3N3O2/c1-9-4-11(22-19-9)6-20-7-12(8-20)21-10-2-3-18-13(5-10)14(15,16)17/h2-5,12H,6-8H2,1H3. The summed E-state index contributed by atoms with van der Waals surface area (Å²) < 4.78 is 48.3. The lowest BCUT2D eigenvalue weighted by Gasteiger charge is -2.38. The molecule has 0 bridgehead atoms. The average Bonchev–Trinajstić information content (AvgIpc) is 2.81. The van der Waals surface area contributed by atoms with Crippen LogP contribution in [-0.4, -0.2) is 34.2 Å². The summed E-state index contributed by atoms with van der Waals surface area (Å²) in [7, 11) is 0. The lowest BCUT2D eigenvalue weighted by molar-refractivity contribution is -0.141. The Morgan fingerprint density at radius 1 is 1.36 bits per heavy atom. The molecule has 1 aliphatic heterocycles. The van der Waals surface area contributed by atoms with E-state index in [-0.39, 0.29) is 11.9 Å². The van der Waals surface area contributed by atoms with Crippen LogP contribution in [0.1, 0.15) is 17.1 Å². The quantitative estimate of drug-likeness (QED) is 0.868. The van der Waals surface area contributed by atoms with E-state index in [1.165, 1.54) is 6.07 Å². The topological polar surface area (TPSA) is 51.4 Å². The number of aromatic nitrogens is 2. The molecular formula is C14H14F3N3O2. The predicted octanol–water partition coefficient (Wildman–Crippen LogP) is 2.66. The number of alkyl halides is 3. The lowest BCUT2D eigenvalue weighted by atomic mass is 10.1. The Bertz CT molecular complexity index is 651.